The van der Waals surface area contributed by atoms with E-state index < -0.39 is 0 Å². The summed E-state index contributed by atoms with van der Waals surface area (Å²) in [6, 6.07) is 5.12. The third kappa shape index (κ3) is 3.32. The summed E-state index contributed by atoms with van der Waals surface area (Å²) in [5.41, 5.74) is 6.06. The fourth-order valence-electron chi connectivity index (χ4n) is 1.36. The van der Waals surface area contributed by atoms with Crippen molar-refractivity contribution in [1.82, 2.24) is 4.98 Å². The normalized spacial score (nSPS) is 10.3. The predicted octanol–water partition coefficient (Wildman–Crippen LogP) is 4.64. The third-order valence-electron chi connectivity index (χ3n) is 2.24. The molecule has 1 aromatic carbocycles. The summed E-state index contributed by atoms with van der Waals surface area (Å²) in [7, 11) is 1.59. The van der Waals surface area contributed by atoms with Gasteiger partial charge in [0.25, 0.3) is 0 Å². The molecule has 0 radical (unpaired) electrons. The van der Waals surface area contributed by atoms with Crippen LogP contribution in [0.3, 0.4) is 0 Å². The lowest BCUT2D eigenvalue weighted by Crippen LogP contribution is -1.93. The number of rotatable bonds is 3. The van der Waals surface area contributed by atoms with Crippen LogP contribution in [0.2, 0.25) is 5.02 Å². The van der Waals surface area contributed by atoms with Crippen LogP contribution >= 0.6 is 43.5 Å². The monoisotopic (exact) mass is 406 g/mol. The number of nitrogen functional groups attached to an aromatic ring is 1. The van der Waals surface area contributed by atoms with Crippen molar-refractivity contribution in [2.45, 2.75) is 0 Å². The van der Waals surface area contributed by atoms with E-state index in [0.29, 0.717) is 22.2 Å². The lowest BCUT2D eigenvalue weighted by molar-refractivity contribution is 0.408. The van der Waals surface area contributed by atoms with E-state index in [1.165, 1.54) is 6.20 Å². The standard InChI is InChI=1S/C12H9Br2ClN2O2/c1-18-10-3-8(14)11(4-7(10)13)19-12-9(15)2-6(16)5-17-12/h2-5H,16H2,1H3. The van der Waals surface area contributed by atoms with Gasteiger partial charge >= 0.3 is 0 Å². The van der Waals surface area contributed by atoms with Gasteiger partial charge in [-0.2, -0.15) is 0 Å². The molecule has 4 nitrogen and oxygen atoms in total. The fraction of sp³-hybridized carbons (Fsp3) is 0.0833. The number of pyridine rings is 1. The van der Waals surface area contributed by atoms with Crippen LogP contribution in [0.15, 0.2) is 33.3 Å². The van der Waals surface area contributed by atoms with E-state index in [-0.39, 0.29) is 5.88 Å². The molecule has 0 aliphatic heterocycles. The van der Waals surface area contributed by atoms with Gasteiger partial charge in [0, 0.05) is 0 Å². The van der Waals surface area contributed by atoms with Gasteiger partial charge in [0.05, 0.1) is 27.9 Å². The highest BCUT2D eigenvalue weighted by Crippen LogP contribution is 2.39. The van der Waals surface area contributed by atoms with Gasteiger partial charge in [-0.1, -0.05) is 11.6 Å². The van der Waals surface area contributed by atoms with Crippen molar-refractivity contribution in [2.24, 2.45) is 0 Å². The van der Waals surface area contributed by atoms with Crippen molar-refractivity contribution < 1.29 is 9.47 Å². The molecule has 0 fully saturated rings. The minimum Gasteiger partial charge on any atom is -0.496 e. The molecular formula is C12H9Br2ClN2O2. The van der Waals surface area contributed by atoms with E-state index >= 15 is 0 Å². The summed E-state index contributed by atoms with van der Waals surface area (Å²) in [5, 5.41) is 0.346. The second-order valence-electron chi connectivity index (χ2n) is 3.57. The SMILES string of the molecule is COc1cc(Br)c(Oc2ncc(N)cc2Cl)cc1Br. The number of nitrogens with two attached hydrogens (primary N) is 1. The molecule has 2 N–H and O–H groups in total. The highest BCUT2D eigenvalue weighted by atomic mass is 79.9. The minimum atomic E-state index is 0.286. The fourth-order valence-corrected chi connectivity index (χ4v) is 2.47. The molecule has 0 amide bonds. The second-order valence-corrected chi connectivity index (χ2v) is 5.69. The number of anilines is 1. The average Bonchev–Trinajstić information content (AvgIpc) is 2.36. The summed E-state index contributed by atoms with van der Waals surface area (Å²) in [4.78, 5) is 4.04. The van der Waals surface area contributed by atoms with Gasteiger partial charge in [-0.25, -0.2) is 4.98 Å². The Hall–Kier alpha value is -0.980. The first-order valence-corrected chi connectivity index (χ1v) is 7.09. The maximum absolute atomic E-state index is 6.01. The van der Waals surface area contributed by atoms with Gasteiger partial charge in [0.15, 0.2) is 0 Å². The first-order valence-electron chi connectivity index (χ1n) is 5.13. The van der Waals surface area contributed by atoms with E-state index in [1.54, 1.807) is 25.3 Å². The van der Waals surface area contributed by atoms with Crippen molar-refractivity contribution in [2.75, 3.05) is 12.8 Å². The molecule has 0 saturated carbocycles. The van der Waals surface area contributed by atoms with Crippen LogP contribution in [-0.4, -0.2) is 12.1 Å². The van der Waals surface area contributed by atoms with Gasteiger partial charge in [-0.15, -0.1) is 0 Å². The minimum absolute atomic E-state index is 0.286. The Labute approximate surface area is 132 Å². The van der Waals surface area contributed by atoms with Gasteiger partial charge in [0.2, 0.25) is 5.88 Å². The summed E-state index contributed by atoms with van der Waals surface area (Å²) in [6.07, 6.45) is 1.48. The molecule has 7 heteroatoms. The molecular weight excluding hydrogens is 399 g/mol. The zero-order valence-corrected chi connectivity index (χ0v) is 13.7. The van der Waals surface area contributed by atoms with Crippen LogP contribution in [0.1, 0.15) is 0 Å². The van der Waals surface area contributed by atoms with Crippen LogP contribution in [0.25, 0.3) is 0 Å². The first-order chi connectivity index (χ1) is 9.01. The zero-order valence-electron chi connectivity index (χ0n) is 9.78. The number of halogens is 3. The van der Waals surface area contributed by atoms with E-state index in [4.69, 9.17) is 26.8 Å². The van der Waals surface area contributed by atoms with Crippen LogP contribution in [-0.2, 0) is 0 Å². The number of benzene rings is 1. The Balaban J connectivity index is 2.35. The Kier molecular flexibility index (Phi) is 4.54. The number of nitrogens with zero attached hydrogens (tertiary/aromatic N) is 1. The Morgan fingerprint density at radius 1 is 1.16 bits per heavy atom. The van der Waals surface area contributed by atoms with Crippen molar-refractivity contribution in [3.8, 4) is 17.4 Å². The smallest absolute Gasteiger partial charge is 0.238 e. The Morgan fingerprint density at radius 2 is 1.79 bits per heavy atom. The largest absolute Gasteiger partial charge is 0.496 e. The highest BCUT2D eigenvalue weighted by Gasteiger charge is 2.12. The van der Waals surface area contributed by atoms with Gasteiger partial charge < -0.3 is 15.2 Å². The average molecular weight is 408 g/mol. The van der Waals surface area contributed by atoms with Gasteiger partial charge in [-0.3, -0.25) is 0 Å². The van der Waals surface area contributed by atoms with Crippen LogP contribution < -0.4 is 15.2 Å². The van der Waals surface area contributed by atoms with Crippen molar-refractivity contribution in [3.63, 3.8) is 0 Å². The first kappa shape index (κ1) is 14.4. The molecule has 0 atom stereocenters. The van der Waals surface area contributed by atoms with E-state index in [1.807, 2.05) is 0 Å². The molecule has 1 aromatic heterocycles. The van der Waals surface area contributed by atoms with E-state index in [0.717, 1.165) is 8.95 Å². The van der Waals surface area contributed by atoms with Crippen LogP contribution in [0, 0.1) is 0 Å². The quantitative estimate of drug-likeness (QED) is 0.804. The molecule has 0 bridgehead atoms. The zero-order chi connectivity index (χ0) is 14.0. The Morgan fingerprint density at radius 3 is 2.42 bits per heavy atom. The summed E-state index contributed by atoms with van der Waals surface area (Å²) >= 11 is 12.8. The summed E-state index contributed by atoms with van der Waals surface area (Å²) in [6.45, 7) is 0. The molecule has 19 heavy (non-hydrogen) atoms. The van der Waals surface area contributed by atoms with Crippen molar-refractivity contribution in [3.05, 3.63) is 38.4 Å². The van der Waals surface area contributed by atoms with Crippen LogP contribution in [0.5, 0.6) is 17.4 Å². The number of methoxy groups -OCH3 is 1. The second kappa shape index (κ2) is 5.98. The molecule has 0 aliphatic rings. The lowest BCUT2D eigenvalue weighted by atomic mass is 10.3. The van der Waals surface area contributed by atoms with Gasteiger partial charge in [0.1, 0.15) is 16.5 Å². The van der Waals surface area contributed by atoms with Gasteiger partial charge in [-0.05, 0) is 50.1 Å². The molecule has 0 unspecified atom stereocenters. The molecule has 0 spiro atoms. The van der Waals surface area contributed by atoms with Crippen molar-refractivity contribution >= 4 is 49.1 Å². The molecule has 2 aromatic rings. The van der Waals surface area contributed by atoms with E-state index in [2.05, 4.69) is 36.8 Å². The number of ether oxygens (including phenoxy) is 2. The molecule has 0 aliphatic carbocycles. The Bertz CT molecular complexity index is 623. The molecule has 0 saturated heterocycles. The molecule has 100 valence electrons. The lowest BCUT2D eigenvalue weighted by Gasteiger charge is -2.11. The number of hydrogen-bond donors (Lipinski definition) is 1. The molecule has 2 rings (SSSR count). The topological polar surface area (TPSA) is 57.4 Å². The number of aromatic nitrogens is 1. The third-order valence-corrected chi connectivity index (χ3v) is 3.75. The maximum Gasteiger partial charge on any atom is 0.238 e. The predicted molar refractivity (Wildman–Crippen MR) is 82.1 cm³/mol. The van der Waals surface area contributed by atoms with Crippen molar-refractivity contribution in [1.29, 1.82) is 0 Å². The summed E-state index contributed by atoms with van der Waals surface area (Å²) < 4.78 is 12.3. The summed E-state index contributed by atoms with van der Waals surface area (Å²) in [5.74, 6) is 1.54. The number of hydrogen-bond acceptors (Lipinski definition) is 4. The van der Waals surface area contributed by atoms with Crippen LogP contribution in [0.4, 0.5) is 5.69 Å². The highest BCUT2D eigenvalue weighted by molar-refractivity contribution is 9.11. The maximum atomic E-state index is 6.01. The molecule has 1 heterocycles. The van der Waals surface area contributed by atoms with E-state index in [9.17, 15) is 0 Å².